The number of hydrogen-bond donors (Lipinski definition) is 2. The van der Waals surface area contributed by atoms with E-state index < -0.39 is 11.4 Å². The summed E-state index contributed by atoms with van der Waals surface area (Å²) in [4.78, 5) is 23.8. The maximum atomic E-state index is 12.8. The van der Waals surface area contributed by atoms with Gasteiger partial charge in [0.05, 0.1) is 11.3 Å². The third-order valence-electron chi connectivity index (χ3n) is 5.04. The second kappa shape index (κ2) is 6.33. The van der Waals surface area contributed by atoms with Gasteiger partial charge in [0.25, 0.3) is 0 Å². The lowest BCUT2D eigenvalue weighted by Crippen LogP contribution is -2.44. The number of hydrogen-bond acceptors (Lipinski definition) is 2. The molecule has 0 atom stereocenters. The van der Waals surface area contributed by atoms with Crippen LogP contribution in [0, 0.1) is 5.92 Å². The Morgan fingerprint density at radius 3 is 2.13 bits per heavy atom. The highest BCUT2D eigenvalue weighted by molar-refractivity contribution is 6.36. The van der Waals surface area contributed by atoms with Crippen LogP contribution in [0.3, 0.4) is 0 Å². The largest absolute Gasteiger partial charge is 0.481 e. The van der Waals surface area contributed by atoms with Crippen LogP contribution in [0.1, 0.15) is 44.1 Å². The maximum absolute atomic E-state index is 12.8. The van der Waals surface area contributed by atoms with Crippen LogP contribution in [0.5, 0.6) is 0 Å². The number of aliphatic carboxylic acids is 1. The van der Waals surface area contributed by atoms with E-state index in [0.717, 1.165) is 18.4 Å². The summed E-state index contributed by atoms with van der Waals surface area (Å²) < 4.78 is 0. The van der Waals surface area contributed by atoms with Gasteiger partial charge in [0.15, 0.2) is 0 Å². The van der Waals surface area contributed by atoms with Crippen molar-refractivity contribution in [1.82, 2.24) is 5.32 Å². The average molecular weight is 356 g/mol. The Hall–Kier alpha value is -1.26. The molecule has 0 aliphatic heterocycles. The molecule has 0 radical (unpaired) electrons. The molecule has 2 N–H and O–H groups in total. The number of carboxylic acids is 1. The molecule has 6 heteroatoms. The van der Waals surface area contributed by atoms with E-state index in [9.17, 15) is 9.59 Å². The van der Waals surface area contributed by atoms with Crippen molar-refractivity contribution in [3.05, 3.63) is 33.8 Å². The number of nitrogens with one attached hydrogen (secondary N) is 1. The highest BCUT2D eigenvalue weighted by atomic mass is 35.5. The summed E-state index contributed by atoms with van der Waals surface area (Å²) in [5, 5.41) is 13.2. The predicted molar refractivity (Wildman–Crippen MR) is 88.9 cm³/mol. The molecule has 0 unspecified atom stereocenters. The van der Waals surface area contributed by atoms with Gasteiger partial charge in [0, 0.05) is 21.7 Å². The fraction of sp³-hybridized carbons (Fsp3) is 0.529. The molecule has 2 aliphatic carbocycles. The summed E-state index contributed by atoms with van der Waals surface area (Å²) in [6, 6.07) is 5.33. The first-order valence-corrected chi connectivity index (χ1v) is 8.68. The SMILES string of the molecule is O=C(O)C1CCC(NC(=O)C2(c3c(Cl)cccc3Cl)CC2)CC1. The quantitative estimate of drug-likeness (QED) is 0.863. The van der Waals surface area contributed by atoms with Crippen molar-refractivity contribution in [2.24, 2.45) is 5.92 Å². The Balaban J connectivity index is 1.68. The van der Waals surface area contributed by atoms with Gasteiger partial charge < -0.3 is 10.4 Å². The number of carboxylic acid groups (broad SMARTS) is 1. The molecule has 0 heterocycles. The molecule has 0 aromatic heterocycles. The first-order chi connectivity index (χ1) is 10.9. The van der Waals surface area contributed by atoms with E-state index >= 15 is 0 Å². The lowest BCUT2D eigenvalue weighted by atomic mass is 9.85. The first-order valence-electron chi connectivity index (χ1n) is 7.92. The molecule has 2 aliphatic rings. The van der Waals surface area contributed by atoms with E-state index in [2.05, 4.69) is 5.32 Å². The monoisotopic (exact) mass is 355 g/mol. The highest BCUT2D eigenvalue weighted by Crippen LogP contribution is 2.53. The fourth-order valence-corrected chi connectivity index (χ4v) is 4.24. The summed E-state index contributed by atoms with van der Waals surface area (Å²) >= 11 is 12.5. The number of benzene rings is 1. The molecule has 2 fully saturated rings. The third kappa shape index (κ3) is 3.20. The fourth-order valence-electron chi connectivity index (χ4n) is 3.48. The van der Waals surface area contributed by atoms with E-state index in [1.54, 1.807) is 18.2 Å². The number of halogens is 2. The van der Waals surface area contributed by atoms with Gasteiger partial charge in [-0.2, -0.15) is 0 Å². The Bertz CT molecular complexity index is 614. The highest BCUT2D eigenvalue weighted by Gasteiger charge is 2.53. The summed E-state index contributed by atoms with van der Waals surface area (Å²) in [5.74, 6) is -1.06. The lowest BCUT2D eigenvalue weighted by molar-refractivity contribution is -0.142. The van der Waals surface area contributed by atoms with Gasteiger partial charge in [-0.3, -0.25) is 9.59 Å². The molecular formula is C17H19Cl2NO3. The second-order valence-corrected chi connectivity index (χ2v) is 7.35. The van der Waals surface area contributed by atoms with Gasteiger partial charge >= 0.3 is 5.97 Å². The molecule has 0 bridgehead atoms. The molecule has 1 amide bonds. The molecule has 4 nitrogen and oxygen atoms in total. The summed E-state index contributed by atoms with van der Waals surface area (Å²) in [6.45, 7) is 0. The van der Waals surface area contributed by atoms with Gasteiger partial charge in [0.1, 0.15) is 0 Å². The van der Waals surface area contributed by atoms with Crippen LogP contribution in [0.4, 0.5) is 0 Å². The van der Waals surface area contributed by atoms with Crippen molar-refractivity contribution in [2.45, 2.75) is 50.0 Å². The van der Waals surface area contributed by atoms with E-state index in [0.29, 0.717) is 35.7 Å². The van der Waals surface area contributed by atoms with Crippen LogP contribution in [-0.4, -0.2) is 23.0 Å². The zero-order valence-electron chi connectivity index (χ0n) is 12.6. The van der Waals surface area contributed by atoms with Crippen molar-refractivity contribution >= 4 is 35.1 Å². The number of rotatable bonds is 4. The molecule has 0 spiro atoms. The normalized spacial score (nSPS) is 25.7. The summed E-state index contributed by atoms with van der Waals surface area (Å²) in [5.41, 5.74) is 0.110. The van der Waals surface area contributed by atoms with E-state index in [1.807, 2.05) is 0 Å². The maximum Gasteiger partial charge on any atom is 0.306 e. The van der Waals surface area contributed by atoms with Gasteiger partial charge in [0.2, 0.25) is 5.91 Å². The van der Waals surface area contributed by atoms with Gasteiger partial charge in [-0.05, 0) is 50.7 Å². The van der Waals surface area contributed by atoms with Crippen LogP contribution >= 0.6 is 23.2 Å². The van der Waals surface area contributed by atoms with Crippen molar-refractivity contribution in [3.8, 4) is 0 Å². The molecule has 1 aromatic carbocycles. The first kappa shape index (κ1) is 16.6. The molecule has 2 saturated carbocycles. The number of carbonyl (C=O) groups excluding carboxylic acids is 1. The molecule has 0 saturated heterocycles. The zero-order chi connectivity index (χ0) is 16.6. The Kier molecular flexibility index (Phi) is 4.56. The lowest BCUT2D eigenvalue weighted by Gasteiger charge is -2.29. The minimum atomic E-state index is -0.740. The van der Waals surface area contributed by atoms with Gasteiger partial charge in [-0.15, -0.1) is 0 Å². The van der Waals surface area contributed by atoms with Crippen LogP contribution < -0.4 is 5.32 Å². The minimum absolute atomic E-state index is 0.0359. The number of amides is 1. The van der Waals surface area contributed by atoms with Crippen molar-refractivity contribution < 1.29 is 14.7 Å². The van der Waals surface area contributed by atoms with Gasteiger partial charge in [-0.1, -0.05) is 29.3 Å². The van der Waals surface area contributed by atoms with Crippen LogP contribution in [0.15, 0.2) is 18.2 Å². The van der Waals surface area contributed by atoms with Crippen molar-refractivity contribution in [3.63, 3.8) is 0 Å². The average Bonchev–Trinajstić information content (AvgIpc) is 3.29. The van der Waals surface area contributed by atoms with Crippen LogP contribution in [0.25, 0.3) is 0 Å². The zero-order valence-corrected chi connectivity index (χ0v) is 14.2. The van der Waals surface area contributed by atoms with E-state index in [1.165, 1.54) is 0 Å². The standard InChI is InChI=1S/C17H19Cl2NO3/c18-12-2-1-3-13(19)14(12)17(8-9-17)16(23)20-11-6-4-10(5-7-11)15(21)22/h1-3,10-11H,4-9H2,(H,20,23)(H,21,22). The predicted octanol–water partition coefficient (Wildman–Crippen LogP) is 3.78. The van der Waals surface area contributed by atoms with E-state index in [-0.39, 0.29) is 17.9 Å². The van der Waals surface area contributed by atoms with Crippen molar-refractivity contribution in [1.29, 1.82) is 0 Å². The topological polar surface area (TPSA) is 66.4 Å². The molecule has 3 rings (SSSR count). The Morgan fingerprint density at radius 2 is 1.65 bits per heavy atom. The van der Waals surface area contributed by atoms with Gasteiger partial charge in [-0.25, -0.2) is 0 Å². The summed E-state index contributed by atoms with van der Waals surface area (Å²) in [7, 11) is 0. The number of carbonyl (C=O) groups is 2. The smallest absolute Gasteiger partial charge is 0.306 e. The van der Waals surface area contributed by atoms with Crippen molar-refractivity contribution in [2.75, 3.05) is 0 Å². The Labute approximate surface area is 145 Å². The summed E-state index contributed by atoms with van der Waals surface area (Å²) in [6.07, 6.45) is 4.11. The molecule has 23 heavy (non-hydrogen) atoms. The second-order valence-electron chi connectivity index (χ2n) is 6.54. The van der Waals surface area contributed by atoms with Crippen LogP contribution in [0.2, 0.25) is 10.0 Å². The molecular weight excluding hydrogens is 337 g/mol. The van der Waals surface area contributed by atoms with E-state index in [4.69, 9.17) is 28.3 Å². The minimum Gasteiger partial charge on any atom is -0.481 e. The molecule has 1 aromatic rings. The molecule has 124 valence electrons. The Morgan fingerprint density at radius 1 is 1.09 bits per heavy atom. The third-order valence-corrected chi connectivity index (χ3v) is 5.67. The van der Waals surface area contributed by atoms with Crippen LogP contribution in [-0.2, 0) is 15.0 Å².